The highest BCUT2D eigenvalue weighted by atomic mass is 35.5. The van der Waals surface area contributed by atoms with Crippen LogP contribution in [-0.2, 0) is 13.1 Å². The molecule has 6 nitrogen and oxygen atoms in total. The summed E-state index contributed by atoms with van der Waals surface area (Å²) in [5.74, 6) is 0.0465. The first-order chi connectivity index (χ1) is 14.6. The Bertz CT molecular complexity index is 861. The van der Waals surface area contributed by atoms with Crippen molar-refractivity contribution in [2.24, 2.45) is 0 Å². The van der Waals surface area contributed by atoms with Gasteiger partial charge >= 0.3 is 0 Å². The molecule has 1 N–H and O–H groups in total. The Morgan fingerprint density at radius 3 is 2.53 bits per heavy atom. The predicted octanol–water partition coefficient (Wildman–Crippen LogP) is 3.85. The van der Waals surface area contributed by atoms with E-state index in [0.717, 1.165) is 51.1 Å². The van der Waals surface area contributed by atoms with Crippen molar-refractivity contribution in [1.82, 2.24) is 20.1 Å². The van der Waals surface area contributed by atoms with Crippen molar-refractivity contribution in [2.45, 2.75) is 51.2 Å². The van der Waals surface area contributed by atoms with Crippen molar-refractivity contribution in [1.29, 1.82) is 0 Å². The maximum absolute atomic E-state index is 13.3. The number of hydrogen-bond acceptors (Lipinski definition) is 5. The minimum absolute atomic E-state index is 0.139. The Labute approximate surface area is 181 Å². The molecule has 0 bridgehead atoms. The summed E-state index contributed by atoms with van der Waals surface area (Å²) >= 11 is 5.88. The van der Waals surface area contributed by atoms with E-state index in [-0.39, 0.29) is 22.8 Å². The van der Waals surface area contributed by atoms with Gasteiger partial charge in [0.25, 0.3) is 5.91 Å². The van der Waals surface area contributed by atoms with E-state index in [9.17, 15) is 9.18 Å². The van der Waals surface area contributed by atoms with Crippen LogP contribution in [0.25, 0.3) is 0 Å². The summed E-state index contributed by atoms with van der Waals surface area (Å²) in [6.45, 7) is 4.88. The van der Waals surface area contributed by atoms with E-state index in [4.69, 9.17) is 16.0 Å². The van der Waals surface area contributed by atoms with Gasteiger partial charge in [-0.15, -0.1) is 0 Å². The van der Waals surface area contributed by atoms with Gasteiger partial charge in [-0.05, 0) is 30.5 Å². The molecule has 2 fully saturated rings. The third kappa shape index (κ3) is 5.59. The van der Waals surface area contributed by atoms with Gasteiger partial charge in [-0.2, -0.15) is 0 Å². The fraction of sp³-hybridized carbons (Fsp3) is 0.545. The van der Waals surface area contributed by atoms with Crippen LogP contribution in [0.4, 0.5) is 4.39 Å². The molecule has 1 aromatic heterocycles. The lowest BCUT2D eigenvalue weighted by molar-refractivity contribution is 0.0922. The van der Waals surface area contributed by atoms with E-state index < -0.39 is 0 Å². The molecule has 8 heteroatoms. The van der Waals surface area contributed by atoms with Crippen molar-refractivity contribution in [3.8, 4) is 0 Å². The van der Waals surface area contributed by atoms with Crippen LogP contribution in [-0.4, -0.2) is 52.9 Å². The Kier molecular flexibility index (Phi) is 7.02. The van der Waals surface area contributed by atoms with Crippen LogP contribution in [0.5, 0.6) is 0 Å². The van der Waals surface area contributed by atoms with Crippen molar-refractivity contribution in [3.05, 3.63) is 52.5 Å². The van der Waals surface area contributed by atoms with E-state index in [2.05, 4.69) is 20.1 Å². The molecular weight excluding hydrogens is 407 g/mol. The Hall–Kier alpha value is -1.96. The fourth-order valence-electron chi connectivity index (χ4n) is 4.19. The van der Waals surface area contributed by atoms with Gasteiger partial charge in [-0.25, -0.2) is 9.37 Å². The van der Waals surface area contributed by atoms with Crippen LogP contribution in [0.2, 0.25) is 5.02 Å². The number of nitrogens with zero attached hydrogens (tertiary/aromatic N) is 3. The monoisotopic (exact) mass is 434 g/mol. The molecule has 0 radical (unpaired) electrons. The molecule has 0 spiro atoms. The molecule has 1 saturated heterocycles. The van der Waals surface area contributed by atoms with Gasteiger partial charge in [0.15, 0.2) is 5.69 Å². The first-order valence-corrected chi connectivity index (χ1v) is 11.1. The summed E-state index contributed by atoms with van der Waals surface area (Å²) in [6, 6.07) is 5.14. The first kappa shape index (κ1) is 21.3. The molecule has 2 aromatic rings. The number of aromatic nitrogens is 1. The van der Waals surface area contributed by atoms with E-state index >= 15 is 0 Å². The number of piperazine rings is 1. The van der Waals surface area contributed by atoms with Crippen molar-refractivity contribution in [3.63, 3.8) is 0 Å². The number of carbonyl (C=O) groups is 1. The molecule has 1 aliphatic heterocycles. The average molecular weight is 435 g/mol. The number of nitrogens with one attached hydrogen (secondary N) is 1. The van der Waals surface area contributed by atoms with Crippen LogP contribution in [0.3, 0.4) is 0 Å². The van der Waals surface area contributed by atoms with Gasteiger partial charge in [0.1, 0.15) is 12.1 Å². The molecule has 1 amide bonds. The summed E-state index contributed by atoms with van der Waals surface area (Å²) in [5, 5.41) is 3.24. The molecule has 0 unspecified atom stereocenters. The third-order valence-corrected chi connectivity index (χ3v) is 6.23. The zero-order valence-corrected chi connectivity index (χ0v) is 17.8. The van der Waals surface area contributed by atoms with Gasteiger partial charge in [0, 0.05) is 38.8 Å². The van der Waals surface area contributed by atoms with E-state index in [1.165, 1.54) is 31.6 Å². The number of rotatable bonds is 6. The lowest BCUT2D eigenvalue weighted by atomic mass is 9.95. The molecule has 2 aliphatic rings. The summed E-state index contributed by atoms with van der Waals surface area (Å²) in [5.41, 5.74) is 1.37. The number of oxazole rings is 1. The molecule has 2 heterocycles. The number of amides is 1. The summed E-state index contributed by atoms with van der Waals surface area (Å²) in [4.78, 5) is 21.4. The normalized spacial score (nSPS) is 19.1. The molecular formula is C22H28ClFN4O2. The van der Waals surface area contributed by atoms with Gasteiger partial charge in [-0.1, -0.05) is 36.9 Å². The maximum Gasteiger partial charge on any atom is 0.273 e. The van der Waals surface area contributed by atoms with E-state index in [1.807, 2.05) is 0 Å². The second-order valence-corrected chi connectivity index (χ2v) is 8.64. The number of hydrogen-bond donors (Lipinski definition) is 1. The molecule has 4 rings (SSSR count). The van der Waals surface area contributed by atoms with Crippen LogP contribution in [0.15, 0.2) is 28.9 Å². The maximum atomic E-state index is 13.3. The highest BCUT2D eigenvalue weighted by Crippen LogP contribution is 2.19. The zero-order valence-electron chi connectivity index (χ0n) is 17.1. The van der Waals surface area contributed by atoms with Crippen LogP contribution < -0.4 is 5.32 Å². The van der Waals surface area contributed by atoms with E-state index in [0.29, 0.717) is 18.1 Å². The van der Waals surface area contributed by atoms with Gasteiger partial charge < -0.3 is 9.73 Å². The largest absolute Gasteiger partial charge is 0.447 e. The second kappa shape index (κ2) is 9.90. The SMILES string of the molecule is O=C(NC1CCCCC1)c1coc(CN2CCN(Cc3ccc(F)c(Cl)c3)CC2)n1. The standard InChI is InChI=1S/C22H28ClFN4O2/c23-18-12-16(6-7-19(18)24)13-27-8-10-28(11-9-27)14-21-26-20(15-30-21)22(29)25-17-4-2-1-3-5-17/h6-7,12,15,17H,1-5,8-11,13-14H2,(H,25,29). The quantitative estimate of drug-likeness (QED) is 0.748. The van der Waals surface area contributed by atoms with Crippen LogP contribution in [0, 0.1) is 5.82 Å². The lowest BCUT2D eigenvalue weighted by Gasteiger charge is -2.34. The third-order valence-electron chi connectivity index (χ3n) is 5.94. The first-order valence-electron chi connectivity index (χ1n) is 10.7. The zero-order chi connectivity index (χ0) is 20.9. The number of carbonyl (C=O) groups excluding carboxylic acids is 1. The minimum atomic E-state index is -0.386. The summed E-state index contributed by atoms with van der Waals surface area (Å²) in [6.07, 6.45) is 7.16. The van der Waals surface area contributed by atoms with E-state index in [1.54, 1.807) is 12.1 Å². The molecule has 1 saturated carbocycles. The Balaban J connectivity index is 1.23. The molecule has 162 valence electrons. The average Bonchev–Trinajstić information content (AvgIpc) is 3.22. The second-order valence-electron chi connectivity index (χ2n) is 8.24. The van der Waals surface area contributed by atoms with Crippen molar-refractivity contribution in [2.75, 3.05) is 26.2 Å². The highest BCUT2D eigenvalue weighted by Gasteiger charge is 2.22. The molecule has 1 aromatic carbocycles. The topological polar surface area (TPSA) is 61.6 Å². The van der Waals surface area contributed by atoms with Gasteiger partial charge in [0.2, 0.25) is 5.89 Å². The van der Waals surface area contributed by atoms with Crippen molar-refractivity contribution < 1.29 is 13.6 Å². The number of halogens is 2. The predicted molar refractivity (Wildman–Crippen MR) is 113 cm³/mol. The lowest BCUT2D eigenvalue weighted by Crippen LogP contribution is -2.45. The molecule has 30 heavy (non-hydrogen) atoms. The highest BCUT2D eigenvalue weighted by molar-refractivity contribution is 6.30. The summed E-state index contributed by atoms with van der Waals surface area (Å²) in [7, 11) is 0. The smallest absolute Gasteiger partial charge is 0.273 e. The van der Waals surface area contributed by atoms with Crippen LogP contribution in [0.1, 0.15) is 54.0 Å². The fourth-order valence-corrected chi connectivity index (χ4v) is 4.39. The summed E-state index contributed by atoms with van der Waals surface area (Å²) < 4.78 is 18.9. The Morgan fingerprint density at radius 1 is 1.13 bits per heavy atom. The molecule has 0 atom stereocenters. The minimum Gasteiger partial charge on any atom is -0.447 e. The van der Waals surface area contributed by atoms with Crippen molar-refractivity contribution >= 4 is 17.5 Å². The van der Waals surface area contributed by atoms with Crippen LogP contribution >= 0.6 is 11.6 Å². The van der Waals surface area contributed by atoms with Gasteiger partial charge in [0.05, 0.1) is 11.6 Å². The van der Waals surface area contributed by atoms with Gasteiger partial charge in [-0.3, -0.25) is 14.6 Å². The molecule has 1 aliphatic carbocycles. The Morgan fingerprint density at radius 2 is 1.83 bits per heavy atom. The number of benzene rings is 1.